The van der Waals surface area contributed by atoms with Crippen LogP contribution in [-0.2, 0) is 4.79 Å². The molecule has 3 nitrogen and oxygen atoms in total. The Morgan fingerprint density at radius 3 is 2.57 bits per heavy atom. The van der Waals surface area contributed by atoms with Gasteiger partial charge in [-0.05, 0) is 13.3 Å². The van der Waals surface area contributed by atoms with Crippen molar-refractivity contribution < 1.29 is 4.79 Å². The summed E-state index contributed by atoms with van der Waals surface area (Å²) < 4.78 is 0. The Balaban J connectivity index is 2.56. The lowest BCUT2D eigenvalue weighted by molar-refractivity contribution is -0.139. The number of rotatable bonds is 0. The zero-order chi connectivity index (χ0) is 10.8. The van der Waals surface area contributed by atoms with Crippen molar-refractivity contribution in [3.63, 3.8) is 0 Å². The minimum absolute atomic E-state index is 0.242. The highest BCUT2D eigenvalue weighted by molar-refractivity contribution is 5.81. The second-order valence-corrected chi connectivity index (χ2v) is 5.19. The van der Waals surface area contributed by atoms with Gasteiger partial charge in [0.05, 0.1) is 0 Å². The largest absolute Gasteiger partial charge is 0.341 e. The lowest BCUT2D eigenvalue weighted by atomic mass is 9.94. The molecule has 0 aromatic carbocycles. The molecule has 1 heterocycles. The highest BCUT2D eigenvalue weighted by Gasteiger charge is 2.27. The molecule has 0 bridgehead atoms. The van der Waals surface area contributed by atoms with Crippen LogP contribution in [0.15, 0.2) is 0 Å². The van der Waals surface area contributed by atoms with Gasteiger partial charge in [-0.15, -0.1) is 0 Å². The number of nitrogens with one attached hydrogen (secondary N) is 1. The lowest BCUT2D eigenvalue weighted by Gasteiger charge is -2.28. The van der Waals surface area contributed by atoms with Gasteiger partial charge in [-0.25, -0.2) is 0 Å². The molecule has 0 radical (unpaired) electrons. The monoisotopic (exact) mass is 198 g/mol. The number of nitrogens with zero attached hydrogens (tertiary/aromatic N) is 1. The van der Waals surface area contributed by atoms with Crippen LogP contribution in [0.25, 0.3) is 0 Å². The van der Waals surface area contributed by atoms with Crippen LogP contribution >= 0.6 is 0 Å². The maximum absolute atomic E-state index is 12.0. The summed E-state index contributed by atoms with van der Waals surface area (Å²) in [5.74, 6) is 0.272. The molecule has 0 spiro atoms. The number of amides is 1. The Kier molecular flexibility index (Phi) is 3.53. The van der Waals surface area contributed by atoms with Crippen LogP contribution < -0.4 is 5.32 Å². The van der Waals surface area contributed by atoms with Gasteiger partial charge >= 0.3 is 0 Å². The maximum Gasteiger partial charge on any atom is 0.227 e. The molecule has 82 valence electrons. The van der Waals surface area contributed by atoms with Gasteiger partial charge in [0.1, 0.15) is 0 Å². The summed E-state index contributed by atoms with van der Waals surface area (Å²) in [6.45, 7) is 10.8. The van der Waals surface area contributed by atoms with E-state index in [4.69, 9.17) is 0 Å². The third-order valence-corrected chi connectivity index (χ3v) is 2.64. The highest BCUT2D eigenvalue weighted by atomic mass is 16.2. The molecule has 1 amide bonds. The Morgan fingerprint density at radius 2 is 2.00 bits per heavy atom. The molecule has 1 aliphatic heterocycles. The van der Waals surface area contributed by atoms with Crippen molar-refractivity contribution in [3.8, 4) is 0 Å². The Bertz CT molecular complexity index is 208. The van der Waals surface area contributed by atoms with Gasteiger partial charge in [0.25, 0.3) is 0 Å². The fourth-order valence-corrected chi connectivity index (χ4v) is 1.69. The second-order valence-electron chi connectivity index (χ2n) is 5.19. The number of carbonyl (C=O) groups excluding carboxylic acids is 1. The fraction of sp³-hybridized carbons (Fsp3) is 0.909. The summed E-state index contributed by atoms with van der Waals surface area (Å²) in [7, 11) is 0. The number of hydrogen-bond acceptors (Lipinski definition) is 2. The van der Waals surface area contributed by atoms with Crippen molar-refractivity contribution in [3.05, 3.63) is 0 Å². The number of hydrogen-bond donors (Lipinski definition) is 1. The van der Waals surface area contributed by atoms with Gasteiger partial charge in [0.2, 0.25) is 5.91 Å². The molecular weight excluding hydrogens is 176 g/mol. The zero-order valence-electron chi connectivity index (χ0n) is 9.76. The van der Waals surface area contributed by atoms with Crippen molar-refractivity contribution in [2.45, 2.75) is 40.2 Å². The Hall–Kier alpha value is -0.570. The lowest BCUT2D eigenvalue weighted by Crippen LogP contribution is -2.41. The van der Waals surface area contributed by atoms with E-state index in [0.29, 0.717) is 6.04 Å². The van der Waals surface area contributed by atoms with E-state index in [1.54, 1.807) is 0 Å². The molecule has 1 unspecified atom stereocenters. The first kappa shape index (κ1) is 11.5. The Labute approximate surface area is 86.9 Å². The third-order valence-electron chi connectivity index (χ3n) is 2.64. The first-order chi connectivity index (χ1) is 6.41. The van der Waals surface area contributed by atoms with E-state index in [9.17, 15) is 4.79 Å². The smallest absolute Gasteiger partial charge is 0.227 e. The predicted octanol–water partition coefficient (Wildman–Crippen LogP) is 1.24. The average molecular weight is 198 g/mol. The maximum atomic E-state index is 12.0. The molecule has 1 atom stereocenters. The normalized spacial score (nSPS) is 24.6. The summed E-state index contributed by atoms with van der Waals surface area (Å²) in [5, 5.41) is 3.39. The van der Waals surface area contributed by atoms with Crippen molar-refractivity contribution in [2.75, 3.05) is 19.6 Å². The van der Waals surface area contributed by atoms with Gasteiger partial charge in [-0.2, -0.15) is 0 Å². The van der Waals surface area contributed by atoms with Gasteiger partial charge < -0.3 is 10.2 Å². The van der Waals surface area contributed by atoms with Crippen molar-refractivity contribution in [1.29, 1.82) is 0 Å². The van der Waals surface area contributed by atoms with Crippen molar-refractivity contribution in [1.82, 2.24) is 10.2 Å². The standard InChI is InChI=1S/C11H22N2O/c1-9-5-7-13(8-6-12-9)10(14)11(2,3)4/h9,12H,5-8H2,1-4H3. The van der Waals surface area contributed by atoms with Crippen LogP contribution in [0.2, 0.25) is 0 Å². The summed E-state index contributed by atoms with van der Waals surface area (Å²) in [6, 6.07) is 0.535. The van der Waals surface area contributed by atoms with Crippen LogP contribution in [0.1, 0.15) is 34.1 Å². The fourth-order valence-electron chi connectivity index (χ4n) is 1.69. The van der Waals surface area contributed by atoms with Crippen molar-refractivity contribution >= 4 is 5.91 Å². The van der Waals surface area contributed by atoms with Crippen LogP contribution in [0, 0.1) is 5.41 Å². The van der Waals surface area contributed by atoms with E-state index in [0.717, 1.165) is 26.1 Å². The third kappa shape index (κ3) is 2.98. The van der Waals surface area contributed by atoms with Gasteiger partial charge in [-0.1, -0.05) is 20.8 Å². The quantitative estimate of drug-likeness (QED) is 0.635. The van der Waals surface area contributed by atoms with Crippen LogP contribution in [0.5, 0.6) is 0 Å². The van der Waals surface area contributed by atoms with E-state index >= 15 is 0 Å². The van der Waals surface area contributed by atoms with E-state index in [2.05, 4.69) is 12.2 Å². The first-order valence-corrected chi connectivity index (χ1v) is 5.44. The summed E-state index contributed by atoms with van der Waals surface area (Å²) in [5.41, 5.74) is -0.242. The molecule has 1 N–H and O–H groups in total. The summed E-state index contributed by atoms with van der Waals surface area (Å²) >= 11 is 0. The molecule has 0 aliphatic carbocycles. The SMILES string of the molecule is CC1CCN(C(=O)C(C)(C)C)CCN1. The van der Waals surface area contributed by atoms with Gasteiger partial charge in [0.15, 0.2) is 0 Å². The van der Waals surface area contributed by atoms with Crippen LogP contribution in [-0.4, -0.2) is 36.5 Å². The molecule has 0 aromatic heterocycles. The molecule has 1 rings (SSSR count). The van der Waals surface area contributed by atoms with Crippen LogP contribution in [0.3, 0.4) is 0 Å². The second kappa shape index (κ2) is 4.30. The van der Waals surface area contributed by atoms with E-state index in [1.807, 2.05) is 25.7 Å². The van der Waals surface area contributed by atoms with Gasteiger partial charge in [-0.3, -0.25) is 4.79 Å². The van der Waals surface area contributed by atoms with E-state index < -0.39 is 0 Å². The Morgan fingerprint density at radius 1 is 1.36 bits per heavy atom. The first-order valence-electron chi connectivity index (χ1n) is 5.44. The topological polar surface area (TPSA) is 32.3 Å². The molecular formula is C11H22N2O. The minimum Gasteiger partial charge on any atom is -0.341 e. The molecule has 1 fully saturated rings. The van der Waals surface area contributed by atoms with Crippen molar-refractivity contribution in [2.24, 2.45) is 5.41 Å². The average Bonchev–Trinajstić information content (AvgIpc) is 2.27. The van der Waals surface area contributed by atoms with E-state index in [-0.39, 0.29) is 11.3 Å². The predicted molar refractivity (Wildman–Crippen MR) is 58.1 cm³/mol. The summed E-state index contributed by atoms with van der Waals surface area (Å²) in [6.07, 6.45) is 1.06. The van der Waals surface area contributed by atoms with Crippen LogP contribution in [0.4, 0.5) is 0 Å². The molecule has 0 aromatic rings. The molecule has 1 aliphatic rings. The number of carbonyl (C=O) groups is 1. The molecule has 3 heteroatoms. The summed E-state index contributed by atoms with van der Waals surface area (Å²) in [4.78, 5) is 14.0. The molecule has 0 saturated carbocycles. The van der Waals surface area contributed by atoms with E-state index in [1.165, 1.54) is 0 Å². The molecule has 14 heavy (non-hydrogen) atoms. The van der Waals surface area contributed by atoms with Gasteiger partial charge in [0, 0.05) is 31.1 Å². The minimum atomic E-state index is -0.242. The molecule has 1 saturated heterocycles. The highest BCUT2D eigenvalue weighted by Crippen LogP contribution is 2.18. The zero-order valence-corrected chi connectivity index (χ0v) is 9.76.